The van der Waals surface area contributed by atoms with Crippen LogP contribution >= 0.6 is 0 Å². The van der Waals surface area contributed by atoms with E-state index in [1.807, 2.05) is 13.0 Å². The maximum atomic E-state index is 12.1. The predicted molar refractivity (Wildman–Crippen MR) is 86.4 cm³/mol. The van der Waals surface area contributed by atoms with Crippen molar-refractivity contribution in [3.05, 3.63) is 59.6 Å². The van der Waals surface area contributed by atoms with E-state index in [2.05, 4.69) is 5.32 Å². The SMILES string of the molecule is Cc1cccc(NC(=O)[C@H](C#N)C(=O)/C=C/c2ccc(C)o2)c1. The lowest BCUT2D eigenvalue weighted by molar-refractivity contribution is -0.126. The van der Waals surface area contributed by atoms with Crippen molar-refractivity contribution in [3.63, 3.8) is 0 Å². The third-order valence-corrected chi connectivity index (χ3v) is 3.13. The Morgan fingerprint density at radius 3 is 2.65 bits per heavy atom. The molecule has 0 radical (unpaired) electrons. The molecule has 2 rings (SSSR count). The number of allylic oxidation sites excluding steroid dienone is 1. The standard InChI is InChI=1S/C18H16N2O3/c1-12-4-3-5-14(10-12)20-18(22)16(11-19)17(21)9-8-15-7-6-13(2)23-15/h3-10,16H,1-2H3,(H,20,22)/b9-8+/t16-/m1/s1. The molecule has 1 aromatic heterocycles. The van der Waals surface area contributed by atoms with E-state index in [1.54, 1.807) is 43.3 Å². The summed E-state index contributed by atoms with van der Waals surface area (Å²) in [5.41, 5.74) is 1.52. The molecule has 0 aliphatic heterocycles. The minimum Gasteiger partial charge on any atom is -0.462 e. The summed E-state index contributed by atoms with van der Waals surface area (Å²) in [6, 6.07) is 12.3. The van der Waals surface area contributed by atoms with E-state index >= 15 is 0 Å². The van der Waals surface area contributed by atoms with Gasteiger partial charge in [0.15, 0.2) is 11.7 Å². The lowest BCUT2D eigenvalue weighted by atomic mass is 10.0. The fourth-order valence-electron chi connectivity index (χ4n) is 1.99. The first-order chi connectivity index (χ1) is 11.0. The Morgan fingerprint density at radius 2 is 2.04 bits per heavy atom. The van der Waals surface area contributed by atoms with Gasteiger partial charge in [-0.15, -0.1) is 0 Å². The second-order valence-corrected chi connectivity index (χ2v) is 5.10. The van der Waals surface area contributed by atoms with Gasteiger partial charge in [0.05, 0.1) is 6.07 Å². The van der Waals surface area contributed by atoms with E-state index in [0.29, 0.717) is 17.2 Å². The van der Waals surface area contributed by atoms with Crippen molar-refractivity contribution in [1.82, 2.24) is 0 Å². The highest BCUT2D eigenvalue weighted by molar-refractivity contribution is 6.14. The van der Waals surface area contributed by atoms with E-state index in [9.17, 15) is 9.59 Å². The number of carbonyl (C=O) groups excluding carboxylic acids is 2. The number of benzene rings is 1. The molecule has 1 heterocycles. The maximum Gasteiger partial charge on any atom is 0.249 e. The second kappa shape index (κ2) is 7.23. The number of nitrogens with zero attached hydrogens (tertiary/aromatic N) is 1. The van der Waals surface area contributed by atoms with Crippen LogP contribution in [0.15, 0.2) is 46.9 Å². The molecule has 1 N–H and O–H groups in total. The highest BCUT2D eigenvalue weighted by Crippen LogP contribution is 2.13. The Labute approximate surface area is 134 Å². The van der Waals surface area contributed by atoms with Crippen LogP contribution in [0.25, 0.3) is 6.08 Å². The molecular weight excluding hydrogens is 292 g/mol. The Balaban J connectivity index is 2.06. The van der Waals surface area contributed by atoms with Gasteiger partial charge in [-0.1, -0.05) is 12.1 Å². The zero-order valence-corrected chi connectivity index (χ0v) is 12.9. The normalized spacial score (nSPS) is 11.9. The average Bonchev–Trinajstić information content (AvgIpc) is 2.91. The number of hydrogen-bond acceptors (Lipinski definition) is 4. The van der Waals surface area contributed by atoms with Gasteiger partial charge in [0, 0.05) is 5.69 Å². The number of nitriles is 1. The zero-order valence-electron chi connectivity index (χ0n) is 12.9. The Hall–Kier alpha value is -3.13. The summed E-state index contributed by atoms with van der Waals surface area (Å²) >= 11 is 0. The van der Waals surface area contributed by atoms with Crippen molar-refractivity contribution in [3.8, 4) is 6.07 Å². The molecule has 1 amide bonds. The quantitative estimate of drug-likeness (QED) is 0.679. The van der Waals surface area contributed by atoms with Crippen molar-refractivity contribution in [2.75, 3.05) is 5.32 Å². The topological polar surface area (TPSA) is 83.1 Å². The molecule has 5 nitrogen and oxygen atoms in total. The molecule has 0 aliphatic carbocycles. The Bertz CT molecular complexity index is 797. The first-order valence-electron chi connectivity index (χ1n) is 7.05. The summed E-state index contributed by atoms with van der Waals surface area (Å²) in [5, 5.41) is 11.7. The van der Waals surface area contributed by atoms with Crippen molar-refractivity contribution < 1.29 is 14.0 Å². The van der Waals surface area contributed by atoms with Crippen LogP contribution in [0.3, 0.4) is 0 Å². The smallest absolute Gasteiger partial charge is 0.249 e. The van der Waals surface area contributed by atoms with E-state index in [-0.39, 0.29) is 0 Å². The third kappa shape index (κ3) is 4.42. The number of ketones is 1. The molecule has 0 aliphatic rings. The van der Waals surface area contributed by atoms with E-state index in [1.165, 1.54) is 12.2 Å². The monoisotopic (exact) mass is 308 g/mol. The molecule has 1 atom stereocenters. The van der Waals surface area contributed by atoms with E-state index in [0.717, 1.165) is 5.56 Å². The summed E-state index contributed by atoms with van der Waals surface area (Å²) in [6.07, 6.45) is 2.63. The number of aryl methyl sites for hydroxylation is 2. The first-order valence-corrected chi connectivity index (χ1v) is 7.05. The summed E-state index contributed by atoms with van der Waals surface area (Å²) in [5.74, 6) is -1.43. The fourth-order valence-corrected chi connectivity index (χ4v) is 1.99. The highest BCUT2D eigenvalue weighted by atomic mass is 16.3. The molecule has 116 valence electrons. The van der Waals surface area contributed by atoms with Crippen molar-refractivity contribution in [2.45, 2.75) is 13.8 Å². The van der Waals surface area contributed by atoms with Gasteiger partial charge >= 0.3 is 0 Å². The highest BCUT2D eigenvalue weighted by Gasteiger charge is 2.24. The average molecular weight is 308 g/mol. The number of amides is 1. The number of furan rings is 1. The Morgan fingerprint density at radius 1 is 1.26 bits per heavy atom. The lowest BCUT2D eigenvalue weighted by Gasteiger charge is -2.08. The van der Waals surface area contributed by atoms with Crippen LogP contribution in [-0.2, 0) is 9.59 Å². The van der Waals surface area contributed by atoms with Crippen molar-refractivity contribution in [1.29, 1.82) is 5.26 Å². The predicted octanol–water partition coefficient (Wildman–Crippen LogP) is 3.26. The number of nitrogens with one attached hydrogen (secondary N) is 1. The third-order valence-electron chi connectivity index (χ3n) is 3.13. The lowest BCUT2D eigenvalue weighted by Crippen LogP contribution is -2.27. The molecule has 2 aromatic rings. The number of carbonyl (C=O) groups is 2. The van der Waals surface area contributed by atoms with Gasteiger partial charge < -0.3 is 9.73 Å². The van der Waals surface area contributed by atoms with Crippen LogP contribution in [-0.4, -0.2) is 11.7 Å². The molecule has 0 fully saturated rings. The summed E-state index contributed by atoms with van der Waals surface area (Å²) in [6.45, 7) is 3.67. The maximum absolute atomic E-state index is 12.1. The first kappa shape index (κ1) is 16.2. The minimum absolute atomic E-state index is 0.492. The molecule has 0 spiro atoms. The van der Waals surface area contributed by atoms with Crippen LogP contribution in [0.5, 0.6) is 0 Å². The van der Waals surface area contributed by atoms with Crippen LogP contribution in [0, 0.1) is 31.1 Å². The molecule has 1 aromatic carbocycles. The number of rotatable bonds is 5. The van der Waals surface area contributed by atoms with Crippen LogP contribution < -0.4 is 5.32 Å². The van der Waals surface area contributed by atoms with E-state index in [4.69, 9.17) is 9.68 Å². The molecule has 0 saturated carbocycles. The van der Waals surface area contributed by atoms with Gasteiger partial charge in [-0.25, -0.2) is 0 Å². The van der Waals surface area contributed by atoms with Crippen molar-refractivity contribution >= 4 is 23.5 Å². The van der Waals surface area contributed by atoms with Crippen LogP contribution in [0.4, 0.5) is 5.69 Å². The molecule has 0 bridgehead atoms. The molecule has 0 unspecified atom stereocenters. The van der Waals surface area contributed by atoms with Gasteiger partial charge in [-0.05, 0) is 55.8 Å². The summed E-state index contributed by atoms with van der Waals surface area (Å²) < 4.78 is 5.29. The van der Waals surface area contributed by atoms with Crippen LogP contribution in [0.1, 0.15) is 17.1 Å². The van der Waals surface area contributed by atoms with Gasteiger partial charge in [0.1, 0.15) is 11.5 Å². The number of hydrogen-bond donors (Lipinski definition) is 1. The number of anilines is 1. The van der Waals surface area contributed by atoms with Gasteiger partial charge in [0.2, 0.25) is 5.91 Å². The van der Waals surface area contributed by atoms with E-state index < -0.39 is 17.6 Å². The van der Waals surface area contributed by atoms with Crippen molar-refractivity contribution in [2.24, 2.45) is 5.92 Å². The Kier molecular flexibility index (Phi) is 5.11. The largest absolute Gasteiger partial charge is 0.462 e. The fraction of sp³-hybridized carbons (Fsp3) is 0.167. The molecular formula is C18H16N2O3. The molecule has 5 heteroatoms. The zero-order chi connectivity index (χ0) is 16.8. The molecule has 0 saturated heterocycles. The second-order valence-electron chi connectivity index (χ2n) is 5.10. The van der Waals surface area contributed by atoms with Gasteiger partial charge in [-0.3, -0.25) is 9.59 Å². The van der Waals surface area contributed by atoms with Gasteiger partial charge in [0.25, 0.3) is 0 Å². The van der Waals surface area contributed by atoms with Gasteiger partial charge in [-0.2, -0.15) is 5.26 Å². The summed E-state index contributed by atoms with van der Waals surface area (Å²) in [7, 11) is 0. The van der Waals surface area contributed by atoms with Crippen LogP contribution in [0.2, 0.25) is 0 Å². The summed E-state index contributed by atoms with van der Waals surface area (Å²) in [4.78, 5) is 24.1. The minimum atomic E-state index is -1.40. The molecule has 23 heavy (non-hydrogen) atoms.